The summed E-state index contributed by atoms with van der Waals surface area (Å²) in [5, 5.41) is 6.48. The van der Waals surface area contributed by atoms with Gasteiger partial charge in [-0.1, -0.05) is 29.9 Å². The zero-order valence-corrected chi connectivity index (χ0v) is 13.6. The van der Waals surface area contributed by atoms with Crippen molar-refractivity contribution in [3.05, 3.63) is 48.8 Å². The second kappa shape index (κ2) is 7.71. The lowest BCUT2D eigenvalue weighted by molar-refractivity contribution is -0.140. The quantitative estimate of drug-likeness (QED) is 0.812. The van der Waals surface area contributed by atoms with Crippen LogP contribution in [0.3, 0.4) is 0 Å². The number of hydrogen-bond donors (Lipinski definition) is 1. The first kappa shape index (κ1) is 16.8. The molecule has 1 aliphatic rings. The molecule has 2 amide bonds. The second-order valence-corrected chi connectivity index (χ2v) is 5.42. The van der Waals surface area contributed by atoms with E-state index in [1.54, 1.807) is 4.90 Å². The maximum absolute atomic E-state index is 12.4. The van der Waals surface area contributed by atoms with Gasteiger partial charge in [-0.15, -0.1) is 0 Å². The molecule has 0 bridgehead atoms. The van der Waals surface area contributed by atoms with Crippen LogP contribution in [-0.4, -0.2) is 53.2 Å². The Labute approximate surface area is 144 Å². The van der Waals surface area contributed by atoms with Crippen molar-refractivity contribution in [2.24, 2.45) is 0 Å². The van der Waals surface area contributed by atoms with E-state index in [0.29, 0.717) is 24.9 Å². The Kier molecular flexibility index (Phi) is 5.20. The van der Waals surface area contributed by atoms with Crippen LogP contribution >= 0.6 is 0 Å². The van der Waals surface area contributed by atoms with E-state index in [9.17, 15) is 9.59 Å². The lowest BCUT2D eigenvalue weighted by Crippen LogP contribution is -2.47. The van der Waals surface area contributed by atoms with E-state index >= 15 is 0 Å². The summed E-state index contributed by atoms with van der Waals surface area (Å²) in [5.74, 6) is 0.120. The molecule has 0 aliphatic carbocycles. The minimum absolute atomic E-state index is 0.120. The number of carbonyl (C=O) groups excluding carboxylic acids is 2. The van der Waals surface area contributed by atoms with Crippen molar-refractivity contribution >= 4 is 11.8 Å². The molecule has 8 heteroatoms. The van der Waals surface area contributed by atoms with Crippen molar-refractivity contribution < 1.29 is 18.8 Å². The first-order chi connectivity index (χ1) is 12.2. The normalized spacial score (nSPS) is 17.1. The number of rotatable bonds is 5. The average Bonchev–Trinajstić information content (AvgIpc) is 3.16. The van der Waals surface area contributed by atoms with Crippen LogP contribution in [0.5, 0.6) is 0 Å². The molecule has 1 aromatic carbocycles. The highest BCUT2D eigenvalue weighted by atomic mass is 16.5. The van der Waals surface area contributed by atoms with Gasteiger partial charge in [0.25, 0.3) is 5.89 Å². The molecule has 130 valence electrons. The molecule has 1 unspecified atom stereocenters. The standard InChI is InChI=1S/C17H18N4O4/c1-2-14(22)18-10-15(23)21-8-9-24-11-13(21)16-19-17(25-20-16)12-6-4-3-5-7-12/h2-7,13H,1,8-11H2,(H,18,22). The molecular weight excluding hydrogens is 324 g/mol. The molecule has 2 aromatic rings. The number of nitrogens with one attached hydrogen (secondary N) is 1. The van der Waals surface area contributed by atoms with Gasteiger partial charge in [-0.3, -0.25) is 9.59 Å². The van der Waals surface area contributed by atoms with Crippen LogP contribution in [0.1, 0.15) is 11.9 Å². The van der Waals surface area contributed by atoms with E-state index in [1.165, 1.54) is 0 Å². The molecule has 0 radical (unpaired) electrons. The number of benzene rings is 1. The number of carbonyl (C=O) groups is 2. The first-order valence-electron chi connectivity index (χ1n) is 7.85. The summed E-state index contributed by atoms with van der Waals surface area (Å²) in [7, 11) is 0. The van der Waals surface area contributed by atoms with Gasteiger partial charge in [-0.2, -0.15) is 4.98 Å². The van der Waals surface area contributed by atoms with E-state index in [1.807, 2.05) is 30.3 Å². The maximum atomic E-state index is 12.4. The first-order valence-corrected chi connectivity index (χ1v) is 7.85. The monoisotopic (exact) mass is 342 g/mol. The van der Waals surface area contributed by atoms with E-state index in [-0.39, 0.29) is 19.1 Å². The van der Waals surface area contributed by atoms with Crippen molar-refractivity contribution in [1.82, 2.24) is 20.4 Å². The Morgan fingerprint density at radius 2 is 2.16 bits per heavy atom. The number of aromatic nitrogens is 2. The number of hydrogen-bond acceptors (Lipinski definition) is 6. The van der Waals surface area contributed by atoms with Crippen molar-refractivity contribution in [1.29, 1.82) is 0 Å². The van der Waals surface area contributed by atoms with Crippen LogP contribution < -0.4 is 5.32 Å². The number of nitrogens with zero attached hydrogens (tertiary/aromatic N) is 3. The SMILES string of the molecule is C=CC(=O)NCC(=O)N1CCOCC1c1noc(-c2ccccc2)n1. The molecule has 1 aromatic heterocycles. The maximum Gasteiger partial charge on any atom is 0.257 e. The van der Waals surface area contributed by atoms with Gasteiger partial charge in [0.05, 0.1) is 19.8 Å². The minimum Gasteiger partial charge on any atom is -0.377 e. The lowest BCUT2D eigenvalue weighted by Gasteiger charge is -2.33. The largest absolute Gasteiger partial charge is 0.377 e. The molecule has 1 aliphatic heterocycles. The van der Waals surface area contributed by atoms with Crippen LogP contribution in [0, 0.1) is 0 Å². The van der Waals surface area contributed by atoms with Gasteiger partial charge < -0.3 is 19.5 Å². The summed E-state index contributed by atoms with van der Waals surface area (Å²) in [6, 6.07) is 8.92. The Morgan fingerprint density at radius 1 is 1.36 bits per heavy atom. The third-order valence-corrected chi connectivity index (χ3v) is 3.81. The van der Waals surface area contributed by atoms with Gasteiger partial charge in [0.15, 0.2) is 5.82 Å². The molecule has 1 atom stereocenters. The van der Waals surface area contributed by atoms with E-state index < -0.39 is 11.9 Å². The molecule has 8 nitrogen and oxygen atoms in total. The van der Waals surface area contributed by atoms with E-state index in [0.717, 1.165) is 11.6 Å². The predicted octanol–water partition coefficient (Wildman–Crippen LogP) is 0.939. The molecule has 0 saturated carbocycles. The highest BCUT2D eigenvalue weighted by molar-refractivity contribution is 5.90. The van der Waals surface area contributed by atoms with Gasteiger partial charge in [0.2, 0.25) is 11.8 Å². The van der Waals surface area contributed by atoms with Gasteiger partial charge in [0.1, 0.15) is 6.04 Å². The summed E-state index contributed by atoms with van der Waals surface area (Å²) >= 11 is 0. The Balaban J connectivity index is 1.75. The smallest absolute Gasteiger partial charge is 0.257 e. The van der Waals surface area contributed by atoms with Gasteiger partial charge >= 0.3 is 0 Å². The molecule has 1 saturated heterocycles. The van der Waals surface area contributed by atoms with Crippen molar-refractivity contribution in [2.75, 3.05) is 26.3 Å². The highest BCUT2D eigenvalue weighted by Gasteiger charge is 2.32. The highest BCUT2D eigenvalue weighted by Crippen LogP contribution is 2.25. The third kappa shape index (κ3) is 3.92. The molecular formula is C17H18N4O4. The topological polar surface area (TPSA) is 97.6 Å². The summed E-state index contributed by atoms with van der Waals surface area (Å²) < 4.78 is 10.8. The van der Waals surface area contributed by atoms with Crippen LogP contribution in [0.15, 0.2) is 47.5 Å². The van der Waals surface area contributed by atoms with E-state index in [4.69, 9.17) is 9.26 Å². The molecule has 25 heavy (non-hydrogen) atoms. The van der Waals surface area contributed by atoms with Crippen molar-refractivity contribution in [3.8, 4) is 11.5 Å². The van der Waals surface area contributed by atoms with Crippen molar-refractivity contribution in [2.45, 2.75) is 6.04 Å². The summed E-state index contributed by atoms with van der Waals surface area (Å²) in [5.41, 5.74) is 0.800. The Bertz CT molecular complexity index is 759. The molecule has 1 fully saturated rings. The molecule has 3 rings (SSSR count). The van der Waals surface area contributed by atoms with Gasteiger partial charge in [-0.05, 0) is 18.2 Å². The number of amides is 2. The average molecular weight is 342 g/mol. The Morgan fingerprint density at radius 3 is 2.92 bits per heavy atom. The van der Waals surface area contributed by atoms with Crippen LogP contribution in [-0.2, 0) is 14.3 Å². The fourth-order valence-corrected chi connectivity index (χ4v) is 2.52. The molecule has 1 N–H and O–H groups in total. The van der Waals surface area contributed by atoms with Crippen LogP contribution in [0.2, 0.25) is 0 Å². The summed E-state index contributed by atoms with van der Waals surface area (Å²) in [6.07, 6.45) is 1.12. The fourth-order valence-electron chi connectivity index (χ4n) is 2.52. The number of ether oxygens (including phenoxy) is 1. The van der Waals surface area contributed by atoms with Crippen LogP contribution in [0.25, 0.3) is 11.5 Å². The predicted molar refractivity (Wildman–Crippen MR) is 88.2 cm³/mol. The fraction of sp³-hybridized carbons (Fsp3) is 0.294. The molecule has 0 spiro atoms. The van der Waals surface area contributed by atoms with Crippen LogP contribution in [0.4, 0.5) is 0 Å². The van der Waals surface area contributed by atoms with Crippen molar-refractivity contribution in [3.63, 3.8) is 0 Å². The van der Waals surface area contributed by atoms with Gasteiger partial charge in [0, 0.05) is 12.1 Å². The van der Waals surface area contributed by atoms with Gasteiger partial charge in [-0.25, -0.2) is 0 Å². The zero-order valence-electron chi connectivity index (χ0n) is 13.6. The molecule has 2 heterocycles. The minimum atomic E-state index is -0.455. The Hall–Kier alpha value is -3.00. The van der Waals surface area contributed by atoms with E-state index in [2.05, 4.69) is 22.0 Å². The number of morpholine rings is 1. The summed E-state index contributed by atoms with van der Waals surface area (Å²) in [6.45, 7) is 4.32. The third-order valence-electron chi connectivity index (χ3n) is 3.81. The lowest BCUT2D eigenvalue weighted by atomic mass is 10.2. The second-order valence-electron chi connectivity index (χ2n) is 5.42. The zero-order chi connectivity index (χ0) is 17.6. The summed E-state index contributed by atoms with van der Waals surface area (Å²) in [4.78, 5) is 29.6.